The van der Waals surface area contributed by atoms with Gasteiger partial charge >= 0.3 is 0 Å². The average Bonchev–Trinajstić information content (AvgIpc) is 2.94. The first-order valence-corrected chi connectivity index (χ1v) is 10.6. The van der Waals surface area contributed by atoms with Crippen LogP contribution in [0, 0.1) is 20.8 Å². The van der Waals surface area contributed by atoms with Crippen LogP contribution in [-0.2, 0) is 10.5 Å². The van der Waals surface area contributed by atoms with Crippen molar-refractivity contribution >= 4 is 17.7 Å². The number of hydrogen-bond acceptors (Lipinski definition) is 4. The maximum Gasteiger partial charge on any atom is 0.233 e. The molecule has 1 amide bonds. The lowest BCUT2D eigenvalue weighted by Crippen LogP contribution is -2.64. The van der Waals surface area contributed by atoms with Crippen molar-refractivity contribution < 1.29 is 9.32 Å². The predicted molar refractivity (Wildman–Crippen MR) is 104 cm³/mol. The van der Waals surface area contributed by atoms with Crippen molar-refractivity contribution in [2.45, 2.75) is 63.8 Å². The van der Waals surface area contributed by atoms with Crippen molar-refractivity contribution in [1.82, 2.24) is 10.1 Å². The van der Waals surface area contributed by atoms with Gasteiger partial charge in [-0.3, -0.25) is 4.79 Å². The van der Waals surface area contributed by atoms with Crippen molar-refractivity contribution in [2.75, 3.05) is 5.75 Å². The van der Waals surface area contributed by atoms with Crippen LogP contribution in [0.5, 0.6) is 0 Å². The minimum atomic E-state index is 0.293. The van der Waals surface area contributed by atoms with Crippen LogP contribution in [0.1, 0.15) is 53.3 Å². The first-order chi connectivity index (χ1) is 12.6. The van der Waals surface area contributed by atoms with E-state index < -0.39 is 0 Å². The Balaban J connectivity index is 1.39. The fourth-order valence-corrected chi connectivity index (χ4v) is 5.64. The third kappa shape index (κ3) is 3.07. The topological polar surface area (TPSA) is 46.3 Å². The highest BCUT2D eigenvalue weighted by atomic mass is 32.2. The van der Waals surface area contributed by atoms with Crippen LogP contribution in [-0.4, -0.2) is 33.8 Å². The smallest absolute Gasteiger partial charge is 0.233 e. The quantitative estimate of drug-likeness (QED) is 0.783. The molecular weight excluding hydrogens is 344 g/mol. The SMILES string of the molecule is Cc1ccccc1C1CCC2CC1N2C(=O)CSCc1c(C)noc1C. The van der Waals surface area contributed by atoms with Crippen molar-refractivity contribution in [3.63, 3.8) is 0 Å². The van der Waals surface area contributed by atoms with Crippen molar-refractivity contribution in [3.05, 3.63) is 52.4 Å². The molecular formula is C21H26N2O2S. The Morgan fingerprint density at radius 3 is 2.77 bits per heavy atom. The fraction of sp³-hybridized carbons (Fsp3) is 0.524. The number of amides is 1. The van der Waals surface area contributed by atoms with Crippen LogP contribution >= 0.6 is 11.8 Å². The normalized spacial score (nSPS) is 24.4. The van der Waals surface area contributed by atoms with Crippen LogP contribution in [0.25, 0.3) is 0 Å². The Bertz CT molecular complexity index is 795. The number of benzene rings is 1. The lowest BCUT2D eigenvalue weighted by molar-refractivity contribution is -0.147. The molecule has 138 valence electrons. The van der Waals surface area contributed by atoms with Crippen LogP contribution in [0.4, 0.5) is 0 Å². The van der Waals surface area contributed by atoms with E-state index in [2.05, 4.69) is 41.2 Å². The summed E-state index contributed by atoms with van der Waals surface area (Å²) in [5, 5.41) is 3.99. The molecule has 2 aromatic rings. The molecule has 1 aliphatic carbocycles. The van der Waals surface area contributed by atoms with Gasteiger partial charge in [-0.05, 0) is 51.2 Å². The van der Waals surface area contributed by atoms with Gasteiger partial charge in [-0.15, -0.1) is 11.8 Å². The summed E-state index contributed by atoms with van der Waals surface area (Å²) in [6, 6.07) is 9.51. The van der Waals surface area contributed by atoms with Gasteiger partial charge in [0.1, 0.15) is 5.76 Å². The molecule has 0 radical (unpaired) electrons. The molecule has 2 aliphatic heterocycles. The molecule has 4 nitrogen and oxygen atoms in total. The number of aromatic nitrogens is 1. The van der Waals surface area contributed by atoms with Crippen molar-refractivity contribution in [1.29, 1.82) is 0 Å². The van der Waals surface area contributed by atoms with E-state index in [0.717, 1.165) is 29.2 Å². The lowest BCUT2D eigenvalue weighted by atomic mass is 9.69. The third-order valence-corrected chi connectivity index (χ3v) is 7.01. The first kappa shape index (κ1) is 17.7. The van der Waals surface area contributed by atoms with Crippen molar-refractivity contribution in [2.24, 2.45) is 0 Å². The van der Waals surface area contributed by atoms with E-state index in [4.69, 9.17) is 4.52 Å². The highest BCUT2D eigenvalue weighted by molar-refractivity contribution is 7.99. The first-order valence-electron chi connectivity index (χ1n) is 9.42. The second-order valence-corrected chi connectivity index (χ2v) is 8.58. The Kier molecular flexibility index (Phi) is 4.82. The van der Waals surface area contributed by atoms with Gasteiger partial charge in [-0.2, -0.15) is 0 Å². The number of carbonyl (C=O) groups excluding carboxylic acids is 1. The molecule has 5 heteroatoms. The van der Waals surface area contributed by atoms with Gasteiger partial charge in [-0.25, -0.2) is 0 Å². The zero-order valence-electron chi connectivity index (χ0n) is 15.7. The summed E-state index contributed by atoms with van der Waals surface area (Å²) in [6.45, 7) is 6.08. The maximum atomic E-state index is 12.9. The van der Waals surface area contributed by atoms with Gasteiger partial charge in [0.05, 0.1) is 11.4 Å². The average molecular weight is 371 g/mol. The summed E-state index contributed by atoms with van der Waals surface area (Å²) in [7, 11) is 0. The van der Waals surface area contributed by atoms with Crippen LogP contribution in [0.3, 0.4) is 0 Å². The van der Waals surface area contributed by atoms with E-state index in [1.54, 1.807) is 11.8 Å². The monoisotopic (exact) mass is 370 g/mol. The van der Waals surface area contributed by atoms with Crippen LogP contribution in [0.2, 0.25) is 0 Å². The largest absolute Gasteiger partial charge is 0.361 e. The summed E-state index contributed by atoms with van der Waals surface area (Å²) in [4.78, 5) is 15.0. The van der Waals surface area contributed by atoms with Gasteiger partial charge in [0.25, 0.3) is 0 Å². The van der Waals surface area contributed by atoms with E-state index in [1.165, 1.54) is 24.0 Å². The molecule has 26 heavy (non-hydrogen) atoms. The lowest BCUT2D eigenvalue weighted by Gasteiger charge is -2.57. The second-order valence-electron chi connectivity index (χ2n) is 7.59. The zero-order chi connectivity index (χ0) is 18.3. The van der Waals surface area contributed by atoms with Crippen LogP contribution < -0.4 is 0 Å². The maximum absolute atomic E-state index is 12.9. The molecule has 5 rings (SSSR count). The number of carbonyl (C=O) groups is 1. The standard InChI is InChI=1S/C21H26N2O2S/c1-13-6-4-5-7-17(13)18-9-8-16-10-20(18)23(16)21(24)12-26-11-19-14(2)22-25-15(19)3/h4-7,16,18,20H,8-12H2,1-3H3. The number of thioether (sulfide) groups is 1. The summed E-state index contributed by atoms with van der Waals surface area (Å²) >= 11 is 1.67. The van der Waals surface area contributed by atoms with Gasteiger partial charge in [0, 0.05) is 29.3 Å². The molecule has 0 N–H and O–H groups in total. The molecule has 3 atom stereocenters. The van der Waals surface area contributed by atoms with Crippen molar-refractivity contribution in [3.8, 4) is 0 Å². The number of fused-ring (bicyclic) bond motifs is 2. The second kappa shape index (κ2) is 7.10. The fourth-order valence-electron chi connectivity index (χ4n) is 4.60. The van der Waals surface area contributed by atoms with Crippen LogP contribution in [0.15, 0.2) is 28.8 Å². The van der Waals surface area contributed by atoms with Gasteiger partial charge < -0.3 is 9.42 Å². The molecule has 1 saturated carbocycles. The number of rotatable bonds is 5. The van der Waals surface area contributed by atoms with Gasteiger partial charge in [0.2, 0.25) is 5.91 Å². The third-order valence-electron chi connectivity index (χ3n) is 6.07. The Morgan fingerprint density at radius 2 is 2.08 bits per heavy atom. The number of hydrogen-bond donors (Lipinski definition) is 0. The summed E-state index contributed by atoms with van der Waals surface area (Å²) in [6.07, 6.45) is 3.51. The highest BCUT2D eigenvalue weighted by Crippen LogP contribution is 2.47. The zero-order valence-corrected chi connectivity index (χ0v) is 16.5. The van der Waals surface area contributed by atoms with E-state index >= 15 is 0 Å². The van der Waals surface area contributed by atoms with Gasteiger partial charge in [0.15, 0.2) is 0 Å². The molecule has 1 aromatic heterocycles. The molecule has 3 fully saturated rings. The number of aryl methyl sites for hydroxylation is 3. The molecule has 3 heterocycles. The molecule has 2 bridgehead atoms. The number of nitrogens with zero attached hydrogens (tertiary/aromatic N) is 2. The van der Waals surface area contributed by atoms with E-state index in [0.29, 0.717) is 29.7 Å². The molecule has 2 saturated heterocycles. The van der Waals surface area contributed by atoms with E-state index in [1.807, 2.05) is 13.8 Å². The summed E-state index contributed by atoms with van der Waals surface area (Å²) < 4.78 is 5.21. The highest BCUT2D eigenvalue weighted by Gasteiger charge is 2.49. The summed E-state index contributed by atoms with van der Waals surface area (Å²) in [5.41, 5.74) is 4.84. The Hall–Kier alpha value is -1.75. The van der Waals surface area contributed by atoms with Gasteiger partial charge in [-0.1, -0.05) is 29.4 Å². The summed E-state index contributed by atoms with van der Waals surface area (Å²) in [5.74, 6) is 2.98. The Morgan fingerprint density at radius 1 is 1.27 bits per heavy atom. The molecule has 0 spiro atoms. The molecule has 3 aliphatic rings. The minimum Gasteiger partial charge on any atom is -0.361 e. The minimum absolute atomic E-state index is 0.293. The molecule has 1 aromatic carbocycles. The van der Waals surface area contributed by atoms with E-state index in [-0.39, 0.29) is 0 Å². The Labute approximate surface area is 159 Å². The number of piperidine rings is 1. The van der Waals surface area contributed by atoms with E-state index in [9.17, 15) is 4.79 Å². The molecule has 3 unspecified atom stereocenters. The predicted octanol–water partition coefficient (Wildman–Crippen LogP) is 4.38.